The second kappa shape index (κ2) is 9.29. The van der Waals surface area contributed by atoms with Gasteiger partial charge in [-0.25, -0.2) is 0 Å². The molecule has 0 fully saturated rings. The van der Waals surface area contributed by atoms with Crippen LogP contribution < -0.4 is 14.8 Å². The Labute approximate surface area is 170 Å². The normalized spacial score (nSPS) is 11.5. The van der Waals surface area contributed by atoms with Gasteiger partial charge in [0, 0.05) is 22.7 Å². The first-order chi connectivity index (χ1) is 13.6. The van der Waals surface area contributed by atoms with Gasteiger partial charge in [-0.05, 0) is 48.0 Å². The highest BCUT2D eigenvalue weighted by Gasteiger charge is 2.18. The zero-order valence-corrected chi connectivity index (χ0v) is 16.6. The number of halogens is 1. The summed E-state index contributed by atoms with van der Waals surface area (Å²) in [5.41, 5.74) is 2.51. The van der Waals surface area contributed by atoms with E-state index in [1.807, 2.05) is 54.6 Å². The maximum Gasteiger partial charge on any atom is 0.165 e. The van der Waals surface area contributed by atoms with Gasteiger partial charge in [0.2, 0.25) is 0 Å². The predicted molar refractivity (Wildman–Crippen MR) is 113 cm³/mol. The fourth-order valence-electron chi connectivity index (χ4n) is 3.00. The van der Waals surface area contributed by atoms with Gasteiger partial charge in [-0.3, -0.25) is 4.79 Å². The predicted octanol–water partition coefficient (Wildman–Crippen LogP) is 5.78. The van der Waals surface area contributed by atoms with Crippen molar-refractivity contribution < 1.29 is 14.3 Å². The number of methoxy groups -OCH3 is 2. The van der Waals surface area contributed by atoms with E-state index in [9.17, 15) is 4.79 Å². The molecule has 0 unspecified atom stereocenters. The maximum absolute atomic E-state index is 13.0. The molecule has 1 N–H and O–H groups in total. The highest BCUT2D eigenvalue weighted by molar-refractivity contribution is 6.30. The molecule has 0 aliphatic heterocycles. The Morgan fingerprint density at radius 2 is 1.61 bits per heavy atom. The number of ketones is 1. The minimum Gasteiger partial charge on any atom is -0.493 e. The Morgan fingerprint density at radius 1 is 0.929 bits per heavy atom. The van der Waals surface area contributed by atoms with Crippen molar-refractivity contribution in [1.82, 2.24) is 0 Å². The molecule has 28 heavy (non-hydrogen) atoms. The number of carbonyl (C=O) groups is 1. The van der Waals surface area contributed by atoms with Crippen molar-refractivity contribution in [2.45, 2.75) is 12.5 Å². The minimum atomic E-state index is -0.178. The molecule has 4 nitrogen and oxygen atoms in total. The van der Waals surface area contributed by atoms with Gasteiger partial charge in [0.05, 0.1) is 20.3 Å². The summed E-state index contributed by atoms with van der Waals surface area (Å²) in [7, 11) is 3.13. The Balaban J connectivity index is 1.84. The van der Waals surface area contributed by atoms with Crippen molar-refractivity contribution in [2.75, 3.05) is 19.5 Å². The lowest BCUT2D eigenvalue weighted by molar-refractivity contribution is 0.0976. The average Bonchev–Trinajstić information content (AvgIpc) is 2.74. The SMILES string of the molecule is COc1ccc(C(=O)C[C@H](Nc2ccc(Cl)cc2)c2ccccc2)cc1OC. The van der Waals surface area contributed by atoms with Crippen LogP contribution in [0.3, 0.4) is 0 Å². The van der Waals surface area contributed by atoms with Crippen molar-refractivity contribution in [1.29, 1.82) is 0 Å². The zero-order chi connectivity index (χ0) is 19.9. The van der Waals surface area contributed by atoms with Crippen LogP contribution in [0.5, 0.6) is 11.5 Å². The maximum atomic E-state index is 13.0. The van der Waals surface area contributed by atoms with Gasteiger partial charge in [-0.1, -0.05) is 41.9 Å². The second-order valence-electron chi connectivity index (χ2n) is 6.31. The van der Waals surface area contributed by atoms with E-state index < -0.39 is 0 Å². The van der Waals surface area contributed by atoms with Gasteiger partial charge in [-0.15, -0.1) is 0 Å². The minimum absolute atomic E-state index is 0.0104. The molecular formula is C23H22ClNO3. The van der Waals surface area contributed by atoms with Gasteiger partial charge in [0.1, 0.15) is 0 Å². The summed E-state index contributed by atoms with van der Waals surface area (Å²) in [5, 5.41) is 4.11. The van der Waals surface area contributed by atoms with Crippen molar-refractivity contribution in [2.24, 2.45) is 0 Å². The molecule has 0 aliphatic rings. The molecule has 0 aromatic heterocycles. The van der Waals surface area contributed by atoms with Crippen LogP contribution in [0.25, 0.3) is 0 Å². The molecule has 0 radical (unpaired) electrons. The van der Waals surface area contributed by atoms with E-state index in [0.29, 0.717) is 28.5 Å². The van der Waals surface area contributed by atoms with Gasteiger partial charge in [-0.2, -0.15) is 0 Å². The molecule has 144 valence electrons. The summed E-state index contributed by atoms with van der Waals surface area (Å²) in [6.45, 7) is 0. The van der Waals surface area contributed by atoms with Crippen molar-refractivity contribution in [3.05, 3.63) is 88.9 Å². The molecule has 0 bridgehead atoms. The third kappa shape index (κ3) is 4.84. The molecule has 0 heterocycles. The largest absolute Gasteiger partial charge is 0.493 e. The lowest BCUT2D eigenvalue weighted by Crippen LogP contribution is -2.16. The lowest BCUT2D eigenvalue weighted by Gasteiger charge is -2.20. The Hall–Kier alpha value is -2.98. The monoisotopic (exact) mass is 395 g/mol. The highest BCUT2D eigenvalue weighted by Crippen LogP contribution is 2.30. The van der Waals surface area contributed by atoms with E-state index in [1.165, 1.54) is 0 Å². The second-order valence-corrected chi connectivity index (χ2v) is 6.75. The van der Waals surface area contributed by atoms with E-state index in [4.69, 9.17) is 21.1 Å². The van der Waals surface area contributed by atoms with Crippen LogP contribution in [0.2, 0.25) is 5.02 Å². The number of anilines is 1. The van der Waals surface area contributed by atoms with Crippen LogP contribution in [0, 0.1) is 0 Å². The molecule has 5 heteroatoms. The first-order valence-corrected chi connectivity index (χ1v) is 9.31. The van der Waals surface area contributed by atoms with Crippen LogP contribution in [0.15, 0.2) is 72.8 Å². The summed E-state index contributed by atoms with van der Waals surface area (Å²) in [6.07, 6.45) is 0.294. The molecule has 0 amide bonds. The summed E-state index contributed by atoms with van der Waals surface area (Å²) >= 11 is 5.98. The van der Waals surface area contributed by atoms with Gasteiger partial charge in [0.25, 0.3) is 0 Å². The number of Topliss-reactive ketones (excluding diaryl/α,β-unsaturated/α-hetero) is 1. The third-order valence-corrected chi connectivity index (χ3v) is 4.73. The molecule has 0 aliphatic carbocycles. The van der Waals surface area contributed by atoms with Crippen molar-refractivity contribution in [3.63, 3.8) is 0 Å². The Kier molecular flexibility index (Phi) is 6.56. The molecule has 3 rings (SSSR count). The molecule has 1 atom stereocenters. The van der Waals surface area contributed by atoms with E-state index in [1.54, 1.807) is 32.4 Å². The van der Waals surface area contributed by atoms with E-state index >= 15 is 0 Å². The standard InChI is InChI=1S/C23H22ClNO3/c1-27-22-13-8-17(14-23(22)28-2)21(26)15-20(16-6-4-3-5-7-16)25-19-11-9-18(24)10-12-19/h3-14,20,25H,15H2,1-2H3/t20-/m0/s1. The molecule has 3 aromatic carbocycles. The number of nitrogens with one attached hydrogen (secondary N) is 1. The van der Waals surface area contributed by atoms with Gasteiger partial charge >= 0.3 is 0 Å². The van der Waals surface area contributed by atoms with Crippen LogP contribution in [0.1, 0.15) is 28.4 Å². The van der Waals surface area contributed by atoms with E-state index in [2.05, 4.69) is 5.32 Å². The van der Waals surface area contributed by atoms with Crippen LogP contribution in [-0.2, 0) is 0 Å². The number of carbonyl (C=O) groups excluding carboxylic acids is 1. The van der Waals surface area contributed by atoms with Crippen LogP contribution in [-0.4, -0.2) is 20.0 Å². The van der Waals surface area contributed by atoms with Gasteiger partial charge < -0.3 is 14.8 Å². The topological polar surface area (TPSA) is 47.6 Å². The number of ether oxygens (including phenoxy) is 2. The number of benzene rings is 3. The molecule has 0 spiro atoms. The smallest absolute Gasteiger partial charge is 0.165 e. The van der Waals surface area contributed by atoms with Crippen molar-refractivity contribution >= 4 is 23.1 Å². The Bertz CT molecular complexity index is 926. The first kappa shape index (κ1) is 19.8. The van der Waals surface area contributed by atoms with Crippen molar-refractivity contribution in [3.8, 4) is 11.5 Å². The van der Waals surface area contributed by atoms with Gasteiger partial charge in [0.15, 0.2) is 17.3 Å². The molecule has 0 saturated heterocycles. The van der Waals surface area contributed by atoms with Crippen LogP contribution in [0.4, 0.5) is 5.69 Å². The van der Waals surface area contributed by atoms with E-state index in [0.717, 1.165) is 11.3 Å². The molecule has 0 saturated carbocycles. The lowest BCUT2D eigenvalue weighted by atomic mass is 9.97. The molecular weight excluding hydrogens is 374 g/mol. The Morgan fingerprint density at radius 3 is 2.25 bits per heavy atom. The fourth-order valence-corrected chi connectivity index (χ4v) is 3.12. The van der Waals surface area contributed by atoms with Crippen LogP contribution >= 0.6 is 11.6 Å². The zero-order valence-electron chi connectivity index (χ0n) is 15.8. The summed E-state index contributed by atoms with van der Waals surface area (Å²) in [6, 6.07) is 22.4. The number of hydrogen-bond donors (Lipinski definition) is 1. The molecule has 3 aromatic rings. The average molecular weight is 396 g/mol. The third-order valence-electron chi connectivity index (χ3n) is 4.48. The quantitative estimate of drug-likeness (QED) is 0.491. The highest BCUT2D eigenvalue weighted by atomic mass is 35.5. The van der Waals surface area contributed by atoms with E-state index in [-0.39, 0.29) is 11.8 Å². The first-order valence-electron chi connectivity index (χ1n) is 8.93. The summed E-state index contributed by atoms with van der Waals surface area (Å²) in [4.78, 5) is 13.0. The number of rotatable bonds is 8. The fraction of sp³-hybridized carbons (Fsp3) is 0.174. The number of hydrogen-bond acceptors (Lipinski definition) is 4. The summed E-state index contributed by atoms with van der Waals surface area (Å²) < 4.78 is 10.6. The summed E-state index contributed by atoms with van der Waals surface area (Å²) in [5.74, 6) is 1.14.